The smallest absolute Gasteiger partial charge is 0.338 e. The van der Waals surface area contributed by atoms with E-state index in [-0.39, 0.29) is 11.9 Å². The molecule has 25 heavy (non-hydrogen) atoms. The van der Waals surface area contributed by atoms with Gasteiger partial charge in [-0.2, -0.15) is 0 Å². The van der Waals surface area contributed by atoms with Crippen LogP contribution >= 0.6 is 11.6 Å². The Morgan fingerprint density at radius 2 is 1.80 bits per heavy atom. The van der Waals surface area contributed by atoms with Crippen LogP contribution in [0.1, 0.15) is 29.3 Å². The van der Waals surface area contributed by atoms with E-state index in [1.807, 2.05) is 24.3 Å². The number of halogens is 1. The Labute approximate surface area is 152 Å². The molecule has 0 saturated heterocycles. The minimum atomic E-state index is -0.371. The summed E-state index contributed by atoms with van der Waals surface area (Å²) >= 11 is 6.08. The highest BCUT2D eigenvalue weighted by Gasteiger charge is 2.07. The Balaban J connectivity index is 1.73. The zero-order chi connectivity index (χ0) is 18.1. The molecule has 0 fully saturated rings. The van der Waals surface area contributed by atoms with Crippen LogP contribution < -0.4 is 10.6 Å². The normalized spacial score (nSPS) is 10.3. The van der Waals surface area contributed by atoms with Crippen molar-refractivity contribution in [2.24, 2.45) is 0 Å². The number of ether oxygens (including phenoxy) is 1. The van der Waals surface area contributed by atoms with Gasteiger partial charge in [0.2, 0.25) is 5.91 Å². The molecule has 0 spiro atoms. The van der Waals surface area contributed by atoms with Crippen molar-refractivity contribution in [3.05, 3.63) is 64.7 Å². The monoisotopic (exact) mass is 360 g/mol. The summed E-state index contributed by atoms with van der Waals surface area (Å²) in [6.45, 7) is 3.24. The number of hydrogen-bond donors (Lipinski definition) is 2. The van der Waals surface area contributed by atoms with Crippen LogP contribution in [-0.2, 0) is 16.1 Å². The largest absolute Gasteiger partial charge is 0.462 e. The fraction of sp³-hybridized carbons (Fsp3) is 0.263. The van der Waals surface area contributed by atoms with Gasteiger partial charge in [0.1, 0.15) is 0 Å². The second kappa shape index (κ2) is 9.81. The van der Waals surface area contributed by atoms with Crippen molar-refractivity contribution < 1.29 is 14.3 Å². The first-order valence-corrected chi connectivity index (χ1v) is 8.49. The highest BCUT2D eigenvalue weighted by Crippen LogP contribution is 2.14. The van der Waals surface area contributed by atoms with Crippen molar-refractivity contribution in [1.29, 1.82) is 0 Å². The summed E-state index contributed by atoms with van der Waals surface area (Å²) < 4.78 is 4.92. The summed E-state index contributed by atoms with van der Waals surface area (Å²) in [5.74, 6) is -0.473. The summed E-state index contributed by atoms with van der Waals surface area (Å²) in [5.41, 5.74) is 2.10. The molecule has 1 amide bonds. The van der Waals surface area contributed by atoms with E-state index < -0.39 is 0 Å². The number of carbonyl (C=O) groups excluding carboxylic acids is 2. The molecule has 0 unspecified atom stereocenters. The highest BCUT2D eigenvalue weighted by molar-refractivity contribution is 6.31. The average Bonchev–Trinajstić information content (AvgIpc) is 2.61. The number of rotatable bonds is 8. The molecule has 0 atom stereocenters. The Kier molecular flexibility index (Phi) is 7.44. The van der Waals surface area contributed by atoms with E-state index in [0.29, 0.717) is 42.4 Å². The molecule has 2 aromatic carbocycles. The number of benzene rings is 2. The van der Waals surface area contributed by atoms with Crippen LogP contribution in [0.3, 0.4) is 0 Å². The van der Waals surface area contributed by atoms with Gasteiger partial charge in [-0.15, -0.1) is 0 Å². The van der Waals surface area contributed by atoms with E-state index in [1.54, 1.807) is 31.2 Å². The summed E-state index contributed by atoms with van der Waals surface area (Å²) in [6, 6.07) is 14.2. The first kappa shape index (κ1) is 19.0. The van der Waals surface area contributed by atoms with E-state index in [1.165, 1.54) is 0 Å². The number of esters is 1. The molecule has 2 rings (SSSR count). The van der Waals surface area contributed by atoms with Crippen molar-refractivity contribution in [3.63, 3.8) is 0 Å². The zero-order valence-corrected chi connectivity index (χ0v) is 14.8. The van der Waals surface area contributed by atoms with Gasteiger partial charge in [0.05, 0.1) is 12.2 Å². The van der Waals surface area contributed by atoms with Gasteiger partial charge in [-0.25, -0.2) is 4.79 Å². The van der Waals surface area contributed by atoms with Crippen LogP contribution in [0, 0.1) is 0 Å². The fourth-order valence-corrected chi connectivity index (χ4v) is 2.40. The Morgan fingerprint density at radius 3 is 2.48 bits per heavy atom. The minimum absolute atomic E-state index is 0.101. The van der Waals surface area contributed by atoms with E-state index in [4.69, 9.17) is 16.3 Å². The molecule has 132 valence electrons. The van der Waals surface area contributed by atoms with Crippen LogP contribution in [0.5, 0.6) is 0 Å². The molecule has 0 aromatic heterocycles. The third kappa shape index (κ3) is 6.21. The molecule has 0 bridgehead atoms. The lowest BCUT2D eigenvalue weighted by molar-refractivity contribution is -0.116. The van der Waals surface area contributed by atoms with Crippen LogP contribution in [0.25, 0.3) is 0 Å². The third-order valence-electron chi connectivity index (χ3n) is 3.48. The number of anilines is 1. The lowest BCUT2D eigenvalue weighted by atomic mass is 10.2. The summed E-state index contributed by atoms with van der Waals surface area (Å²) in [7, 11) is 0. The summed E-state index contributed by atoms with van der Waals surface area (Å²) in [4.78, 5) is 23.5. The van der Waals surface area contributed by atoms with Crippen molar-refractivity contribution in [1.82, 2.24) is 5.32 Å². The molecule has 0 aliphatic carbocycles. The van der Waals surface area contributed by atoms with Gasteiger partial charge in [-0.05, 0) is 42.8 Å². The van der Waals surface area contributed by atoms with Crippen LogP contribution in [-0.4, -0.2) is 25.0 Å². The lowest BCUT2D eigenvalue weighted by Crippen LogP contribution is -2.21. The molecular weight excluding hydrogens is 340 g/mol. The predicted molar refractivity (Wildman–Crippen MR) is 98.8 cm³/mol. The molecule has 0 aliphatic rings. The zero-order valence-electron chi connectivity index (χ0n) is 14.0. The summed E-state index contributed by atoms with van der Waals surface area (Å²) in [5, 5.41) is 6.69. The fourth-order valence-electron chi connectivity index (χ4n) is 2.19. The van der Waals surface area contributed by atoms with Crippen LogP contribution in [0.4, 0.5) is 5.69 Å². The molecule has 0 saturated carbocycles. The maximum atomic E-state index is 11.9. The highest BCUT2D eigenvalue weighted by atomic mass is 35.5. The third-order valence-corrected chi connectivity index (χ3v) is 3.85. The van der Waals surface area contributed by atoms with Gasteiger partial charge in [-0.1, -0.05) is 29.8 Å². The summed E-state index contributed by atoms with van der Waals surface area (Å²) in [6.07, 6.45) is 0.337. The molecule has 0 aliphatic heterocycles. The van der Waals surface area contributed by atoms with Gasteiger partial charge in [0.25, 0.3) is 0 Å². The predicted octanol–water partition coefficient (Wildman–Crippen LogP) is 3.64. The first-order valence-electron chi connectivity index (χ1n) is 8.11. The van der Waals surface area contributed by atoms with Crippen LogP contribution in [0.2, 0.25) is 5.02 Å². The molecule has 2 N–H and O–H groups in total. The Morgan fingerprint density at radius 1 is 1.08 bits per heavy atom. The van der Waals surface area contributed by atoms with Crippen LogP contribution in [0.15, 0.2) is 48.5 Å². The van der Waals surface area contributed by atoms with Crippen molar-refractivity contribution in [2.75, 3.05) is 18.5 Å². The lowest BCUT2D eigenvalue weighted by Gasteiger charge is -2.08. The quantitative estimate of drug-likeness (QED) is 0.557. The number of amides is 1. The number of carbonyl (C=O) groups is 2. The van der Waals surface area contributed by atoms with E-state index in [2.05, 4.69) is 10.6 Å². The van der Waals surface area contributed by atoms with E-state index in [0.717, 1.165) is 5.56 Å². The SMILES string of the molecule is CCOC(=O)c1ccc(NC(=O)CCNCc2ccccc2Cl)cc1. The van der Waals surface area contributed by atoms with E-state index in [9.17, 15) is 9.59 Å². The molecule has 5 nitrogen and oxygen atoms in total. The maximum Gasteiger partial charge on any atom is 0.338 e. The van der Waals surface area contributed by atoms with Gasteiger partial charge >= 0.3 is 5.97 Å². The Hall–Kier alpha value is -2.37. The van der Waals surface area contributed by atoms with Gasteiger partial charge in [0, 0.05) is 30.2 Å². The molecule has 0 heterocycles. The molecule has 2 aromatic rings. The second-order valence-corrected chi connectivity index (χ2v) is 5.77. The molecular formula is C19H21ClN2O3. The molecule has 0 radical (unpaired) electrons. The van der Waals surface area contributed by atoms with Gasteiger partial charge in [-0.3, -0.25) is 4.79 Å². The number of hydrogen-bond acceptors (Lipinski definition) is 4. The second-order valence-electron chi connectivity index (χ2n) is 5.36. The van der Waals surface area contributed by atoms with E-state index >= 15 is 0 Å². The van der Waals surface area contributed by atoms with Gasteiger partial charge in [0.15, 0.2) is 0 Å². The standard InChI is InChI=1S/C19H21ClN2O3/c1-2-25-19(24)14-7-9-16(10-8-14)22-18(23)11-12-21-13-15-5-3-4-6-17(15)20/h3-10,21H,2,11-13H2,1H3,(H,22,23). The number of nitrogens with one attached hydrogen (secondary N) is 2. The van der Waals surface area contributed by atoms with Crippen molar-refractivity contribution >= 4 is 29.2 Å². The topological polar surface area (TPSA) is 67.4 Å². The minimum Gasteiger partial charge on any atom is -0.462 e. The first-order chi connectivity index (χ1) is 12.1. The van der Waals surface area contributed by atoms with Gasteiger partial charge < -0.3 is 15.4 Å². The van der Waals surface area contributed by atoms with Crippen molar-refractivity contribution in [3.8, 4) is 0 Å². The van der Waals surface area contributed by atoms with Crippen molar-refractivity contribution in [2.45, 2.75) is 19.9 Å². The maximum absolute atomic E-state index is 11.9. The Bertz CT molecular complexity index is 717. The molecule has 6 heteroatoms. The average molecular weight is 361 g/mol.